The highest BCUT2D eigenvalue weighted by atomic mass is 16.7. The normalized spacial score (nSPS) is 15.8. The van der Waals surface area contributed by atoms with Crippen molar-refractivity contribution in [2.75, 3.05) is 39.6 Å². The minimum atomic E-state index is -0.625. The molecule has 2 aromatic carbocycles. The van der Waals surface area contributed by atoms with Crippen LogP contribution in [0.1, 0.15) is 21.5 Å². The second-order valence-electron chi connectivity index (χ2n) is 7.42. The van der Waals surface area contributed by atoms with Crippen molar-refractivity contribution in [3.05, 3.63) is 53.1 Å². The van der Waals surface area contributed by atoms with E-state index in [1.165, 1.54) is 6.07 Å². The predicted octanol–water partition coefficient (Wildman–Crippen LogP) is 1.93. The first kappa shape index (κ1) is 20.0. The Kier molecular flexibility index (Phi) is 5.76. The lowest BCUT2D eigenvalue weighted by Crippen LogP contribution is -2.49. The summed E-state index contributed by atoms with van der Waals surface area (Å²) in [5.41, 5.74) is 2.02. The number of rotatable bonds is 5. The fourth-order valence-corrected chi connectivity index (χ4v) is 3.49. The summed E-state index contributed by atoms with van der Waals surface area (Å²) in [6, 6.07) is 10.5. The molecular weight excluding hydrogens is 388 g/mol. The molecule has 0 saturated carbocycles. The van der Waals surface area contributed by atoms with E-state index >= 15 is 0 Å². The summed E-state index contributed by atoms with van der Waals surface area (Å²) in [6.07, 6.45) is 0. The molecule has 0 bridgehead atoms. The number of fused-ring (bicyclic) bond motifs is 1. The third-order valence-electron chi connectivity index (χ3n) is 5.34. The summed E-state index contributed by atoms with van der Waals surface area (Å²) >= 11 is 0. The molecule has 8 nitrogen and oxygen atoms in total. The first-order valence-electron chi connectivity index (χ1n) is 9.85. The predicted molar refractivity (Wildman–Crippen MR) is 108 cm³/mol. The zero-order valence-electron chi connectivity index (χ0n) is 16.8. The number of esters is 1. The second-order valence-corrected chi connectivity index (χ2v) is 7.42. The Balaban J connectivity index is 1.23. The first-order chi connectivity index (χ1) is 14.5. The van der Waals surface area contributed by atoms with Crippen LogP contribution in [-0.2, 0) is 16.1 Å². The van der Waals surface area contributed by atoms with Crippen LogP contribution in [0.4, 0.5) is 0 Å². The molecule has 1 amide bonds. The molecule has 0 aliphatic carbocycles. The molecule has 8 heteroatoms. The highest BCUT2D eigenvalue weighted by Gasteiger charge is 2.23. The van der Waals surface area contributed by atoms with E-state index in [-0.39, 0.29) is 30.6 Å². The molecule has 0 unspecified atom stereocenters. The molecule has 158 valence electrons. The van der Waals surface area contributed by atoms with Crippen LogP contribution in [0, 0.1) is 6.92 Å². The van der Waals surface area contributed by atoms with Gasteiger partial charge in [-0.15, -0.1) is 0 Å². The number of ether oxygens (including phenoxy) is 3. The van der Waals surface area contributed by atoms with E-state index < -0.39 is 5.97 Å². The Hall–Kier alpha value is -3.26. The van der Waals surface area contributed by atoms with Crippen LogP contribution in [0.5, 0.6) is 17.2 Å². The van der Waals surface area contributed by atoms with E-state index in [0.717, 1.165) is 36.7 Å². The minimum absolute atomic E-state index is 0.0226. The van der Waals surface area contributed by atoms with Gasteiger partial charge in [-0.2, -0.15) is 0 Å². The zero-order chi connectivity index (χ0) is 21.1. The lowest BCUT2D eigenvalue weighted by atomic mass is 10.1. The fraction of sp³-hybridized carbons (Fsp3) is 0.364. The average Bonchev–Trinajstić information content (AvgIpc) is 3.22. The van der Waals surface area contributed by atoms with Gasteiger partial charge in [0, 0.05) is 32.7 Å². The fourth-order valence-electron chi connectivity index (χ4n) is 3.49. The number of hydrogen-bond donors (Lipinski definition) is 1. The van der Waals surface area contributed by atoms with Crippen molar-refractivity contribution in [3.8, 4) is 17.2 Å². The van der Waals surface area contributed by atoms with Crippen molar-refractivity contribution in [1.82, 2.24) is 9.80 Å². The third kappa shape index (κ3) is 4.49. The molecule has 0 radical (unpaired) electrons. The van der Waals surface area contributed by atoms with Gasteiger partial charge in [-0.25, -0.2) is 4.79 Å². The molecule has 1 saturated heterocycles. The van der Waals surface area contributed by atoms with Crippen LogP contribution < -0.4 is 9.47 Å². The molecule has 0 aromatic heterocycles. The van der Waals surface area contributed by atoms with Crippen molar-refractivity contribution >= 4 is 11.9 Å². The zero-order valence-corrected chi connectivity index (χ0v) is 16.8. The van der Waals surface area contributed by atoms with Gasteiger partial charge in [0.15, 0.2) is 18.1 Å². The molecule has 0 spiro atoms. The van der Waals surface area contributed by atoms with Gasteiger partial charge in [-0.05, 0) is 42.3 Å². The SMILES string of the molecule is Cc1ccc(C(=O)OCC(=O)N2CCN(Cc3ccc4c(c3)OCO4)CC2)cc1O. The second kappa shape index (κ2) is 8.62. The monoisotopic (exact) mass is 412 g/mol. The van der Waals surface area contributed by atoms with Crippen LogP contribution in [0.25, 0.3) is 0 Å². The Morgan fingerprint density at radius 3 is 2.57 bits per heavy atom. The maximum Gasteiger partial charge on any atom is 0.338 e. The summed E-state index contributed by atoms with van der Waals surface area (Å²) in [5, 5.41) is 9.71. The molecule has 0 atom stereocenters. The standard InChI is InChI=1S/C22H24N2O6/c1-15-2-4-17(11-18(15)25)22(27)28-13-21(26)24-8-6-23(7-9-24)12-16-3-5-19-20(10-16)30-14-29-19/h2-5,10-11,25H,6-9,12-14H2,1H3. The van der Waals surface area contributed by atoms with Gasteiger partial charge in [-0.3, -0.25) is 9.69 Å². The molecule has 4 rings (SSSR count). The maximum absolute atomic E-state index is 12.4. The van der Waals surface area contributed by atoms with Gasteiger partial charge in [0.2, 0.25) is 6.79 Å². The lowest BCUT2D eigenvalue weighted by Gasteiger charge is -2.34. The third-order valence-corrected chi connectivity index (χ3v) is 5.34. The topological polar surface area (TPSA) is 88.5 Å². The van der Waals surface area contributed by atoms with Gasteiger partial charge in [0.1, 0.15) is 5.75 Å². The molecule has 2 heterocycles. The van der Waals surface area contributed by atoms with Crippen LogP contribution in [0.2, 0.25) is 0 Å². The molecule has 2 aliphatic rings. The minimum Gasteiger partial charge on any atom is -0.508 e. The van der Waals surface area contributed by atoms with Crippen molar-refractivity contribution in [3.63, 3.8) is 0 Å². The Bertz CT molecular complexity index is 953. The van der Waals surface area contributed by atoms with Crippen molar-refractivity contribution in [2.24, 2.45) is 0 Å². The van der Waals surface area contributed by atoms with Gasteiger partial charge in [-0.1, -0.05) is 12.1 Å². The number of phenols is 1. The number of nitrogens with zero attached hydrogens (tertiary/aromatic N) is 2. The Morgan fingerprint density at radius 1 is 1.03 bits per heavy atom. The number of amides is 1. The van der Waals surface area contributed by atoms with Crippen molar-refractivity contribution in [1.29, 1.82) is 0 Å². The summed E-state index contributed by atoms with van der Waals surface area (Å²) in [4.78, 5) is 28.5. The number of carbonyl (C=O) groups is 2. The first-order valence-corrected chi connectivity index (χ1v) is 9.85. The number of aryl methyl sites for hydroxylation is 1. The molecular formula is C22H24N2O6. The van der Waals surface area contributed by atoms with Gasteiger partial charge < -0.3 is 24.2 Å². The number of carbonyl (C=O) groups excluding carboxylic acids is 2. The highest BCUT2D eigenvalue weighted by Crippen LogP contribution is 2.32. The summed E-state index contributed by atoms with van der Waals surface area (Å²) in [5.74, 6) is 0.714. The number of benzene rings is 2. The Labute approximate surface area is 174 Å². The van der Waals surface area contributed by atoms with Crippen LogP contribution >= 0.6 is 0 Å². The van der Waals surface area contributed by atoms with Crippen molar-refractivity contribution in [2.45, 2.75) is 13.5 Å². The quantitative estimate of drug-likeness (QED) is 0.751. The summed E-state index contributed by atoms with van der Waals surface area (Å²) in [7, 11) is 0. The smallest absolute Gasteiger partial charge is 0.338 e. The van der Waals surface area contributed by atoms with E-state index in [2.05, 4.69) is 4.90 Å². The maximum atomic E-state index is 12.4. The number of hydrogen-bond acceptors (Lipinski definition) is 7. The van der Waals surface area contributed by atoms with Crippen LogP contribution in [-0.4, -0.2) is 66.4 Å². The van der Waals surface area contributed by atoms with Gasteiger partial charge in [0.25, 0.3) is 5.91 Å². The molecule has 30 heavy (non-hydrogen) atoms. The molecule has 1 N–H and O–H groups in total. The van der Waals surface area contributed by atoms with Gasteiger partial charge in [0.05, 0.1) is 5.56 Å². The number of aromatic hydroxyl groups is 1. The van der Waals surface area contributed by atoms with E-state index in [1.54, 1.807) is 24.0 Å². The molecule has 2 aliphatic heterocycles. The molecule has 2 aromatic rings. The summed E-state index contributed by atoms with van der Waals surface area (Å²) in [6.45, 7) is 5.08. The van der Waals surface area contributed by atoms with E-state index in [0.29, 0.717) is 18.7 Å². The van der Waals surface area contributed by atoms with Crippen molar-refractivity contribution < 1.29 is 28.9 Å². The van der Waals surface area contributed by atoms with E-state index in [4.69, 9.17) is 14.2 Å². The average molecular weight is 412 g/mol. The number of piperazine rings is 1. The van der Waals surface area contributed by atoms with Crippen LogP contribution in [0.3, 0.4) is 0 Å². The lowest BCUT2D eigenvalue weighted by molar-refractivity contribution is -0.136. The summed E-state index contributed by atoms with van der Waals surface area (Å²) < 4.78 is 15.9. The van der Waals surface area contributed by atoms with Gasteiger partial charge >= 0.3 is 5.97 Å². The highest BCUT2D eigenvalue weighted by molar-refractivity contribution is 5.91. The molecule has 1 fully saturated rings. The van der Waals surface area contributed by atoms with E-state index in [1.807, 2.05) is 18.2 Å². The largest absolute Gasteiger partial charge is 0.508 e. The van der Waals surface area contributed by atoms with Crippen LogP contribution in [0.15, 0.2) is 36.4 Å². The van der Waals surface area contributed by atoms with E-state index in [9.17, 15) is 14.7 Å². The Morgan fingerprint density at radius 2 is 1.80 bits per heavy atom. The number of phenolic OH excluding ortho intramolecular Hbond substituents is 1.